The van der Waals surface area contributed by atoms with Gasteiger partial charge in [-0.3, -0.25) is 4.79 Å². The van der Waals surface area contributed by atoms with Gasteiger partial charge in [-0.25, -0.2) is 4.68 Å². The first-order valence-corrected chi connectivity index (χ1v) is 10.8. The third-order valence-electron chi connectivity index (χ3n) is 5.14. The number of rotatable bonds is 6. The minimum Gasteiger partial charge on any atom is -0.343 e. The molecule has 1 fully saturated rings. The number of hydrogen-bond donors (Lipinski definition) is 0. The van der Waals surface area contributed by atoms with Gasteiger partial charge in [-0.2, -0.15) is 4.98 Å². The minimum absolute atomic E-state index is 0.183. The zero-order chi connectivity index (χ0) is 20.3. The van der Waals surface area contributed by atoms with Gasteiger partial charge in [0.2, 0.25) is 11.7 Å². The molecule has 3 aromatic heterocycles. The molecule has 8 nitrogen and oxygen atoms in total. The number of nitrogens with zero attached hydrogens (tertiary/aromatic N) is 6. The molecule has 0 bridgehead atoms. The molecule has 0 saturated carbocycles. The summed E-state index contributed by atoms with van der Waals surface area (Å²) in [7, 11) is 0. The van der Waals surface area contributed by atoms with Crippen LogP contribution in [0.4, 0.5) is 0 Å². The second kappa shape index (κ2) is 8.19. The number of likely N-dealkylation sites (tertiary alicyclic amines) is 1. The number of thiophene rings is 1. The van der Waals surface area contributed by atoms with Crippen LogP contribution in [0.3, 0.4) is 0 Å². The van der Waals surface area contributed by atoms with Crippen molar-refractivity contribution in [2.75, 3.05) is 13.1 Å². The normalized spacial score (nSPS) is 14.3. The third kappa shape index (κ3) is 3.88. The average Bonchev–Trinajstić information content (AvgIpc) is 3.56. The first-order chi connectivity index (χ1) is 14.8. The summed E-state index contributed by atoms with van der Waals surface area (Å²) in [6.45, 7) is 2.26. The molecular weight excluding hydrogens is 400 g/mol. The largest absolute Gasteiger partial charge is 0.343 e. The molecule has 30 heavy (non-hydrogen) atoms. The van der Waals surface area contributed by atoms with E-state index in [1.807, 2.05) is 46.7 Å². The molecule has 1 aromatic carbocycles. The Kier molecular flexibility index (Phi) is 5.10. The summed E-state index contributed by atoms with van der Waals surface area (Å²) in [6, 6.07) is 9.76. The van der Waals surface area contributed by atoms with E-state index in [1.165, 1.54) is 0 Å². The highest BCUT2D eigenvalue weighted by atomic mass is 32.1. The maximum Gasteiger partial charge on any atom is 0.250 e. The minimum atomic E-state index is 0.183. The molecule has 4 heterocycles. The van der Waals surface area contributed by atoms with E-state index in [1.54, 1.807) is 22.1 Å². The lowest BCUT2D eigenvalue weighted by Crippen LogP contribution is -2.28. The van der Waals surface area contributed by atoms with E-state index in [9.17, 15) is 4.79 Å². The van der Waals surface area contributed by atoms with Crippen LogP contribution in [0, 0.1) is 0 Å². The lowest BCUT2D eigenvalue weighted by atomic mass is 10.2. The van der Waals surface area contributed by atoms with Crippen LogP contribution in [-0.4, -0.2) is 49.0 Å². The standard InChI is InChI=1S/C21H20N6O2S/c28-20(26-10-1-2-11-26)9-12-27-18-7-5-15(14-17(18)23-25-27)21-22-19(29-24-21)8-6-16-4-3-13-30-16/h3-8,13-14H,1-2,9-12H2/b8-6+. The zero-order valence-electron chi connectivity index (χ0n) is 16.3. The summed E-state index contributed by atoms with van der Waals surface area (Å²) in [4.78, 5) is 19.8. The Hall–Kier alpha value is -3.33. The number of benzene rings is 1. The van der Waals surface area contributed by atoms with E-state index in [-0.39, 0.29) is 5.91 Å². The summed E-state index contributed by atoms with van der Waals surface area (Å²) < 4.78 is 7.10. The van der Waals surface area contributed by atoms with Crippen LogP contribution in [0.2, 0.25) is 0 Å². The number of fused-ring (bicyclic) bond motifs is 1. The Labute approximate surface area is 176 Å². The van der Waals surface area contributed by atoms with E-state index in [0.29, 0.717) is 24.7 Å². The Bertz CT molecular complexity index is 1190. The van der Waals surface area contributed by atoms with Gasteiger partial charge in [-0.05, 0) is 48.6 Å². The number of hydrogen-bond acceptors (Lipinski definition) is 7. The fourth-order valence-corrected chi connectivity index (χ4v) is 4.18. The Morgan fingerprint density at radius 2 is 2.10 bits per heavy atom. The van der Waals surface area contributed by atoms with E-state index < -0.39 is 0 Å². The van der Waals surface area contributed by atoms with E-state index in [2.05, 4.69) is 20.5 Å². The Morgan fingerprint density at radius 3 is 2.93 bits per heavy atom. The van der Waals surface area contributed by atoms with Gasteiger partial charge < -0.3 is 9.42 Å². The van der Waals surface area contributed by atoms with Crippen LogP contribution in [0.25, 0.3) is 34.6 Å². The van der Waals surface area contributed by atoms with Gasteiger partial charge in [0.1, 0.15) is 5.52 Å². The van der Waals surface area contributed by atoms with E-state index in [4.69, 9.17) is 4.52 Å². The van der Waals surface area contributed by atoms with Crippen molar-refractivity contribution >= 4 is 40.4 Å². The quantitative estimate of drug-likeness (QED) is 0.472. The van der Waals surface area contributed by atoms with Gasteiger partial charge in [0.15, 0.2) is 0 Å². The van der Waals surface area contributed by atoms with Gasteiger partial charge in [0, 0.05) is 36.0 Å². The summed E-state index contributed by atoms with van der Waals surface area (Å²) in [5.41, 5.74) is 2.43. The fraction of sp³-hybridized carbons (Fsp3) is 0.286. The molecule has 0 unspecified atom stereocenters. The third-order valence-corrected chi connectivity index (χ3v) is 5.98. The zero-order valence-corrected chi connectivity index (χ0v) is 17.1. The average molecular weight is 420 g/mol. The van der Waals surface area contributed by atoms with Gasteiger partial charge in [0.05, 0.1) is 12.1 Å². The molecule has 1 amide bonds. The molecule has 4 aromatic rings. The highest BCUT2D eigenvalue weighted by Crippen LogP contribution is 2.22. The second-order valence-electron chi connectivity index (χ2n) is 7.16. The number of carbonyl (C=O) groups is 1. The van der Waals surface area contributed by atoms with Crippen molar-refractivity contribution in [2.45, 2.75) is 25.8 Å². The van der Waals surface area contributed by atoms with Gasteiger partial charge in [-0.1, -0.05) is 16.4 Å². The first kappa shape index (κ1) is 18.7. The number of carbonyl (C=O) groups excluding carboxylic acids is 1. The van der Waals surface area contributed by atoms with Crippen molar-refractivity contribution in [2.24, 2.45) is 0 Å². The van der Waals surface area contributed by atoms with Crippen LogP contribution in [-0.2, 0) is 11.3 Å². The fourth-order valence-electron chi connectivity index (χ4n) is 3.56. The molecule has 0 spiro atoms. The van der Waals surface area contributed by atoms with Crippen LogP contribution >= 0.6 is 11.3 Å². The molecule has 0 radical (unpaired) electrons. The molecule has 1 aliphatic heterocycles. The summed E-state index contributed by atoms with van der Waals surface area (Å²) in [5.74, 6) is 1.13. The van der Waals surface area contributed by atoms with Gasteiger partial charge in [-0.15, -0.1) is 16.4 Å². The van der Waals surface area contributed by atoms with Crippen molar-refractivity contribution in [3.63, 3.8) is 0 Å². The number of aromatic nitrogens is 5. The molecule has 0 atom stereocenters. The molecule has 5 rings (SSSR count). The molecule has 0 N–H and O–H groups in total. The summed E-state index contributed by atoms with van der Waals surface area (Å²) >= 11 is 1.64. The maximum atomic E-state index is 12.3. The summed E-state index contributed by atoms with van der Waals surface area (Å²) in [5, 5.41) is 14.5. The highest BCUT2D eigenvalue weighted by Gasteiger charge is 2.18. The van der Waals surface area contributed by atoms with E-state index in [0.717, 1.165) is 47.4 Å². The topological polar surface area (TPSA) is 89.9 Å². The van der Waals surface area contributed by atoms with Crippen molar-refractivity contribution in [1.29, 1.82) is 0 Å². The molecule has 1 saturated heterocycles. The van der Waals surface area contributed by atoms with Gasteiger partial charge in [0.25, 0.3) is 5.89 Å². The smallest absolute Gasteiger partial charge is 0.250 e. The predicted molar refractivity (Wildman–Crippen MR) is 114 cm³/mol. The molecule has 1 aliphatic rings. The maximum absolute atomic E-state index is 12.3. The Morgan fingerprint density at radius 1 is 1.20 bits per heavy atom. The van der Waals surface area contributed by atoms with Crippen molar-refractivity contribution in [1.82, 2.24) is 30.0 Å². The monoisotopic (exact) mass is 420 g/mol. The van der Waals surface area contributed by atoms with Crippen LogP contribution < -0.4 is 0 Å². The van der Waals surface area contributed by atoms with E-state index >= 15 is 0 Å². The molecular formula is C21H20N6O2S. The lowest BCUT2D eigenvalue weighted by Gasteiger charge is -2.14. The molecule has 0 aliphatic carbocycles. The van der Waals surface area contributed by atoms with Crippen LogP contribution in [0.1, 0.15) is 30.0 Å². The van der Waals surface area contributed by atoms with Crippen LogP contribution in [0.15, 0.2) is 40.2 Å². The van der Waals surface area contributed by atoms with Crippen LogP contribution in [0.5, 0.6) is 0 Å². The second-order valence-corrected chi connectivity index (χ2v) is 8.14. The molecule has 152 valence electrons. The lowest BCUT2D eigenvalue weighted by molar-refractivity contribution is -0.130. The van der Waals surface area contributed by atoms with Crippen molar-refractivity contribution in [3.8, 4) is 11.4 Å². The highest BCUT2D eigenvalue weighted by molar-refractivity contribution is 7.10. The number of amides is 1. The Balaban J connectivity index is 1.29. The molecule has 9 heteroatoms. The van der Waals surface area contributed by atoms with Crippen molar-refractivity contribution in [3.05, 3.63) is 46.5 Å². The first-order valence-electron chi connectivity index (χ1n) is 9.93. The number of aryl methyl sites for hydroxylation is 1. The van der Waals surface area contributed by atoms with Crippen molar-refractivity contribution < 1.29 is 9.32 Å². The summed E-state index contributed by atoms with van der Waals surface area (Å²) in [6.07, 6.45) is 6.38. The predicted octanol–water partition coefficient (Wildman–Crippen LogP) is 3.73. The SMILES string of the molecule is O=C(CCn1nnc2cc(-c3noc(/C=C/c4cccs4)n3)ccc21)N1CCCC1. The van der Waals surface area contributed by atoms with Gasteiger partial charge >= 0.3 is 0 Å².